The van der Waals surface area contributed by atoms with Crippen molar-refractivity contribution in [3.63, 3.8) is 0 Å². The number of amides is 2. The highest BCUT2D eigenvalue weighted by atomic mass is 35.5. The van der Waals surface area contributed by atoms with Crippen LogP contribution in [0.4, 0.5) is 17.1 Å². The lowest BCUT2D eigenvalue weighted by atomic mass is 10.1. The number of nitrogens with zero attached hydrogens (tertiary/aromatic N) is 4. The molecule has 43 heavy (non-hydrogen) atoms. The van der Waals surface area contributed by atoms with Crippen molar-refractivity contribution in [2.24, 2.45) is 0 Å². The Bertz CT molecular complexity index is 1430. The van der Waals surface area contributed by atoms with E-state index < -0.39 is 6.04 Å². The van der Waals surface area contributed by atoms with Gasteiger partial charge in [0.15, 0.2) is 5.11 Å². The number of anilines is 3. The first-order chi connectivity index (χ1) is 20.9. The zero-order valence-electron chi connectivity index (χ0n) is 24.4. The molecule has 2 aliphatic heterocycles. The zero-order valence-corrected chi connectivity index (χ0v) is 25.9. The van der Waals surface area contributed by atoms with Crippen molar-refractivity contribution in [3.8, 4) is 11.5 Å². The van der Waals surface area contributed by atoms with Crippen LogP contribution in [0.1, 0.15) is 12.8 Å². The number of ether oxygens (including phenoxy) is 2. The van der Waals surface area contributed by atoms with Gasteiger partial charge in [0.2, 0.25) is 5.91 Å². The number of carbonyl (C=O) groups is 2. The smallest absolute Gasteiger partial charge is 0.256 e. The molecule has 0 aliphatic carbocycles. The molecule has 3 aromatic rings. The summed E-state index contributed by atoms with van der Waals surface area (Å²) in [7, 11) is 3.12. The molecule has 1 N–H and O–H groups in total. The van der Waals surface area contributed by atoms with Crippen molar-refractivity contribution >= 4 is 57.8 Å². The van der Waals surface area contributed by atoms with E-state index in [4.69, 9.17) is 33.3 Å². The molecule has 2 aliphatic rings. The van der Waals surface area contributed by atoms with Crippen LogP contribution in [0, 0.1) is 0 Å². The van der Waals surface area contributed by atoms with Crippen LogP contribution in [0.25, 0.3) is 0 Å². The molecule has 0 aromatic heterocycles. The third-order valence-electron chi connectivity index (χ3n) is 7.83. The lowest BCUT2D eigenvalue weighted by molar-refractivity contribution is -0.124. The van der Waals surface area contributed by atoms with Gasteiger partial charge >= 0.3 is 0 Å². The maximum absolute atomic E-state index is 13.8. The first-order valence-corrected chi connectivity index (χ1v) is 15.1. The number of piperazine rings is 1. The van der Waals surface area contributed by atoms with Crippen LogP contribution >= 0.6 is 23.8 Å². The number of para-hydroxylation sites is 1. The Balaban J connectivity index is 1.25. The Labute approximate surface area is 262 Å². The fraction of sp³-hybridized carbons (Fsp3) is 0.344. The van der Waals surface area contributed by atoms with Crippen LogP contribution in [0.2, 0.25) is 5.02 Å². The Morgan fingerprint density at radius 2 is 1.65 bits per heavy atom. The SMILES string of the molecule is COc1ccc(NC(=O)C[C@H]2C(=O)N(c3ccc(OC)c(Cl)c3)C(=S)N2CCCN2CCN(c3ccccc3)CC2)cc1. The Hall–Kier alpha value is -3.86. The van der Waals surface area contributed by atoms with Crippen LogP contribution in [-0.2, 0) is 9.59 Å². The second-order valence-corrected chi connectivity index (χ2v) is 11.3. The van der Waals surface area contributed by atoms with E-state index in [-0.39, 0.29) is 18.2 Å². The maximum atomic E-state index is 13.8. The summed E-state index contributed by atoms with van der Waals surface area (Å²) in [6.45, 7) is 5.26. The Kier molecular flexibility index (Phi) is 10.0. The van der Waals surface area contributed by atoms with Gasteiger partial charge < -0.3 is 24.6 Å². The molecule has 2 saturated heterocycles. The zero-order chi connectivity index (χ0) is 30.3. The van der Waals surface area contributed by atoms with Gasteiger partial charge in [-0.15, -0.1) is 0 Å². The van der Waals surface area contributed by atoms with Gasteiger partial charge in [-0.25, -0.2) is 0 Å². The highest BCUT2D eigenvalue weighted by Crippen LogP contribution is 2.33. The molecule has 2 heterocycles. The van der Waals surface area contributed by atoms with Crippen LogP contribution < -0.4 is 24.6 Å². The molecule has 0 unspecified atom stereocenters. The van der Waals surface area contributed by atoms with E-state index in [1.807, 2.05) is 11.0 Å². The van der Waals surface area contributed by atoms with Crippen molar-refractivity contribution in [1.82, 2.24) is 9.80 Å². The second-order valence-electron chi connectivity index (χ2n) is 10.5. The second kappa shape index (κ2) is 14.1. The average molecular weight is 622 g/mol. The van der Waals surface area contributed by atoms with E-state index >= 15 is 0 Å². The molecule has 5 rings (SSSR count). The number of methoxy groups -OCH3 is 2. The predicted molar refractivity (Wildman–Crippen MR) is 175 cm³/mol. The average Bonchev–Trinajstić information content (AvgIpc) is 3.26. The molecular weight excluding hydrogens is 586 g/mol. The van der Waals surface area contributed by atoms with Gasteiger partial charge in [0.1, 0.15) is 17.5 Å². The normalized spacial score (nSPS) is 17.4. The number of rotatable bonds is 11. The van der Waals surface area contributed by atoms with Crippen molar-refractivity contribution < 1.29 is 19.1 Å². The van der Waals surface area contributed by atoms with Gasteiger partial charge in [0, 0.05) is 44.1 Å². The quantitative estimate of drug-likeness (QED) is 0.303. The molecule has 3 aromatic carbocycles. The lowest BCUT2D eigenvalue weighted by Gasteiger charge is -2.36. The van der Waals surface area contributed by atoms with Crippen LogP contribution in [0.15, 0.2) is 72.8 Å². The summed E-state index contributed by atoms with van der Waals surface area (Å²) < 4.78 is 10.5. The van der Waals surface area contributed by atoms with E-state index in [0.29, 0.717) is 39.6 Å². The van der Waals surface area contributed by atoms with E-state index in [1.54, 1.807) is 49.6 Å². The molecule has 1 atom stereocenters. The first kappa shape index (κ1) is 30.6. The molecule has 2 fully saturated rings. The van der Waals surface area contributed by atoms with Crippen molar-refractivity contribution in [2.75, 3.05) is 68.6 Å². The van der Waals surface area contributed by atoms with Crippen LogP contribution in [-0.4, -0.2) is 86.3 Å². The van der Waals surface area contributed by atoms with Gasteiger partial charge in [-0.1, -0.05) is 29.8 Å². The fourth-order valence-electron chi connectivity index (χ4n) is 5.51. The number of hydrogen-bond donors (Lipinski definition) is 1. The van der Waals surface area contributed by atoms with Gasteiger partial charge in [-0.3, -0.25) is 19.4 Å². The molecule has 226 valence electrons. The third-order valence-corrected chi connectivity index (χ3v) is 8.54. The highest BCUT2D eigenvalue weighted by molar-refractivity contribution is 7.80. The summed E-state index contributed by atoms with van der Waals surface area (Å²) in [5.74, 6) is 0.661. The molecule has 0 saturated carbocycles. The number of carbonyl (C=O) groups excluding carboxylic acids is 2. The Morgan fingerprint density at radius 3 is 2.30 bits per heavy atom. The van der Waals surface area contributed by atoms with Gasteiger partial charge in [-0.05, 0) is 79.8 Å². The largest absolute Gasteiger partial charge is 0.497 e. The summed E-state index contributed by atoms with van der Waals surface area (Å²) in [5.41, 5.74) is 2.41. The van der Waals surface area contributed by atoms with Gasteiger partial charge in [0.05, 0.1) is 31.4 Å². The molecule has 2 amide bonds. The minimum atomic E-state index is -0.735. The number of nitrogens with one attached hydrogen (secondary N) is 1. The van der Waals surface area contributed by atoms with Crippen molar-refractivity contribution in [1.29, 1.82) is 0 Å². The fourth-order valence-corrected chi connectivity index (χ4v) is 6.18. The lowest BCUT2D eigenvalue weighted by Crippen LogP contribution is -2.47. The third kappa shape index (κ3) is 7.21. The summed E-state index contributed by atoms with van der Waals surface area (Å²) >= 11 is 12.2. The van der Waals surface area contributed by atoms with E-state index in [9.17, 15) is 9.59 Å². The van der Waals surface area contributed by atoms with Crippen molar-refractivity contribution in [2.45, 2.75) is 18.9 Å². The van der Waals surface area contributed by atoms with Crippen LogP contribution in [0.5, 0.6) is 11.5 Å². The number of thiocarbonyl (C=S) groups is 1. The standard InChI is InChI=1S/C32H36ClN5O4S/c1-41-26-12-9-23(10-13-26)34-30(39)22-28-31(40)38(25-11-14-29(42-2)27(33)21-25)32(43)37(28)16-6-15-35-17-19-36(20-18-35)24-7-4-3-5-8-24/h3-5,7-14,21,28H,6,15-20,22H2,1-2H3,(H,34,39)/t28-/m0/s1. The molecule has 0 spiro atoms. The van der Waals surface area contributed by atoms with E-state index in [2.05, 4.69) is 39.4 Å². The monoisotopic (exact) mass is 621 g/mol. The topological polar surface area (TPSA) is 77.6 Å². The minimum Gasteiger partial charge on any atom is -0.497 e. The minimum absolute atomic E-state index is 0.0405. The summed E-state index contributed by atoms with van der Waals surface area (Å²) in [6, 6.07) is 21.9. The number of benzene rings is 3. The van der Waals surface area contributed by atoms with Gasteiger partial charge in [-0.2, -0.15) is 0 Å². The van der Waals surface area contributed by atoms with E-state index in [0.717, 1.165) is 39.1 Å². The van der Waals surface area contributed by atoms with Gasteiger partial charge in [0.25, 0.3) is 5.91 Å². The number of hydrogen-bond acceptors (Lipinski definition) is 7. The number of halogens is 1. The summed E-state index contributed by atoms with van der Waals surface area (Å²) in [5, 5.41) is 3.63. The molecular formula is C32H36ClN5O4S. The maximum Gasteiger partial charge on any atom is 0.256 e. The summed E-state index contributed by atoms with van der Waals surface area (Å²) in [6.07, 6.45) is 0.758. The molecule has 0 radical (unpaired) electrons. The predicted octanol–water partition coefficient (Wildman–Crippen LogP) is 4.90. The highest BCUT2D eigenvalue weighted by Gasteiger charge is 2.44. The first-order valence-electron chi connectivity index (χ1n) is 14.3. The summed E-state index contributed by atoms with van der Waals surface area (Å²) in [4.78, 5) is 35.1. The van der Waals surface area contributed by atoms with Crippen molar-refractivity contribution in [3.05, 3.63) is 77.8 Å². The van der Waals surface area contributed by atoms with E-state index in [1.165, 1.54) is 17.7 Å². The Morgan fingerprint density at radius 1 is 0.930 bits per heavy atom. The molecule has 11 heteroatoms. The molecule has 9 nitrogen and oxygen atoms in total. The van der Waals surface area contributed by atoms with Crippen LogP contribution in [0.3, 0.4) is 0 Å². The molecule has 0 bridgehead atoms.